The molecule has 2 N–H and O–H groups in total. The minimum atomic E-state index is -4.01. The Hall–Kier alpha value is -3.20. The van der Waals surface area contributed by atoms with Gasteiger partial charge in [0, 0.05) is 43.4 Å². The van der Waals surface area contributed by atoms with Crippen LogP contribution >= 0.6 is 11.6 Å². The Morgan fingerprint density at radius 2 is 1.65 bits per heavy atom. The van der Waals surface area contributed by atoms with Crippen molar-refractivity contribution in [1.82, 2.24) is 9.21 Å². The first-order valence-electron chi connectivity index (χ1n) is 16.3. The van der Waals surface area contributed by atoms with Gasteiger partial charge in [-0.3, -0.25) is 9.52 Å². The summed E-state index contributed by atoms with van der Waals surface area (Å²) < 4.78 is 69.6. The van der Waals surface area contributed by atoms with Crippen molar-refractivity contribution < 1.29 is 36.2 Å². The van der Waals surface area contributed by atoms with Gasteiger partial charge in [-0.05, 0) is 94.6 Å². The number of halogens is 1. The molecule has 0 bridgehead atoms. The van der Waals surface area contributed by atoms with Crippen molar-refractivity contribution in [3.05, 3.63) is 82.9 Å². The second-order valence-corrected chi connectivity index (χ2v) is 16.8. The van der Waals surface area contributed by atoms with Gasteiger partial charge in [-0.25, -0.2) is 16.8 Å². The summed E-state index contributed by atoms with van der Waals surface area (Å²) in [6.45, 7) is 7.55. The normalized spacial score (nSPS) is 20.6. The summed E-state index contributed by atoms with van der Waals surface area (Å²) in [7, 11) is -6.32. The smallest absolute Gasteiger partial charge is 0.261 e. The molecule has 3 aromatic rings. The highest BCUT2D eigenvalue weighted by atomic mass is 35.5. The van der Waals surface area contributed by atoms with Gasteiger partial charge in [-0.15, -0.1) is 0 Å². The number of hydrogen-bond acceptors (Lipinski definition) is 8. The number of likely N-dealkylation sites (N-methyl/N-ethyl adjacent to an activating group) is 1. The molecule has 14 heteroatoms. The maximum Gasteiger partial charge on any atom is 0.261 e. The van der Waals surface area contributed by atoms with E-state index in [1.54, 1.807) is 37.3 Å². The Kier molecular flexibility index (Phi) is 13.1. The number of anilines is 1. The number of carbonyl (C=O) groups is 1. The zero-order valence-electron chi connectivity index (χ0n) is 28.5. The van der Waals surface area contributed by atoms with E-state index in [0.29, 0.717) is 24.5 Å². The molecule has 0 aromatic heterocycles. The third kappa shape index (κ3) is 9.95. The quantitative estimate of drug-likeness (QED) is 0.291. The predicted molar refractivity (Wildman–Crippen MR) is 190 cm³/mol. The van der Waals surface area contributed by atoms with Gasteiger partial charge in [0.05, 0.1) is 40.2 Å². The van der Waals surface area contributed by atoms with Crippen LogP contribution in [0.4, 0.5) is 5.69 Å². The minimum Gasteiger partial charge on any atom is -0.490 e. The number of aliphatic hydroxyl groups is 1. The molecule has 4 rings (SSSR count). The van der Waals surface area contributed by atoms with Gasteiger partial charge in [0.1, 0.15) is 5.75 Å². The summed E-state index contributed by atoms with van der Waals surface area (Å²) in [6, 6.07) is 16.2. The van der Waals surface area contributed by atoms with Crippen LogP contribution < -0.4 is 9.46 Å². The van der Waals surface area contributed by atoms with Crippen LogP contribution in [0, 0.1) is 12.8 Å². The first-order valence-corrected chi connectivity index (χ1v) is 19.6. The topological polar surface area (TPSA) is 143 Å². The van der Waals surface area contributed by atoms with Crippen molar-refractivity contribution >= 4 is 43.2 Å². The third-order valence-corrected chi connectivity index (χ3v) is 12.1. The molecule has 3 aromatic carbocycles. The van der Waals surface area contributed by atoms with E-state index >= 15 is 0 Å². The largest absolute Gasteiger partial charge is 0.490 e. The Labute approximate surface area is 295 Å². The lowest BCUT2D eigenvalue weighted by atomic mass is 10.0. The minimum absolute atomic E-state index is 0.00191. The average molecular weight is 736 g/mol. The van der Waals surface area contributed by atoms with Crippen LogP contribution in [0.2, 0.25) is 5.02 Å². The van der Waals surface area contributed by atoms with E-state index < -0.39 is 38.1 Å². The fraction of sp³-hybridized carbons (Fsp3) is 0.457. The van der Waals surface area contributed by atoms with Crippen LogP contribution in [-0.4, -0.2) is 88.7 Å². The van der Waals surface area contributed by atoms with Gasteiger partial charge >= 0.3 is 0 Å². The summed E-state index contributed by atoms with van der Waals surface area (Å²) in [6.07, 6.45) is 1.26. The summed E-state index contributed by atoms with van der Waals surface area (Å²) in [4.78, 5) is 16.0. The Bertz CT molecular complexity index is 1790. The van der Waals surface area contributed by atoms with E-state index in [1.807, 2.05) is 20.8 Å². The number of hydrogen-bond donors (Lipinski definition) is 2. The second kappa shape index (κ2) is 16.7. The highest BCUT2D eigenvalue weighted by Crippen LogP contribution is 2.30. The number of nitrogens with zero attached hydrogens (tertiary/aromatic N) is 2. The second-order valence-electron chi connectivity index (χ2n) is 12.7. The number of nitrogens with one attached hydrogen (secondary N) is 1. The fourth-order valence-electron chi connectivity index (χ4n) is 5.52. The molecule has 0 spiro atoms. The molecule has 1 amide bonds. The molecular formula is C35H46ClN3O8S2. The molecule has 0 aliphatic carbocycles. The lowest BCUT2D eigenvalue weighted by Crippen LogP contribution is -2.48. The van der Waals surface area contributed by atoms with Crippen LogP contribution in [0.3, 0.4) is 0 Å². The standard InChI is InChI=1S/C35H46ClN3O8S2/c1-24-9-14-31(15-10-24)49(44,45)38(5)22-34-25(2)21-39(26(3)23-40)35(41)32-20-29(37-48(42,43)30-16-11-28(36)12-17-30)13-18-33(32)47-27(4)8-6-7-19-46-34/h9-18,20,25-27,34,37,40H,6-8,19,21-23H2,1-5H3/t25-,26-,27+,34-/m1/s1. The van der Waals surface area contributed by atoms with Crippen molar-refractivity contribution in [3.8, 4) is 5.75 Å². The SMILES string of the molecule is Cc1ccc(S(=O)(=O)N(C)C[C@H]2OCCCC[C@H](C)Oc3ccc(NS(=O)(=O)c4ccc(Cl)cc4)cc3C(=O)N([C@H](C)CO)C[C@H]2C)cc1. The first-order chi connectivity index (χ1) is 23.1. The maximum atomic E-state index is 14.4. The molecule has 0 radical (unpaired) electrons. The molecular weight excluding hydrogens is 690 g/mol. The summed E-state index contributed by atoms with van der Waals surface area (Å²) >= 11 is 5.94. The van der Waals surface area contributed by atoms with Gasteiger partial charge in [0.2, 0.25) is 10.0 Å². The van der Waals surface area contributed by atoms with Gasteiger partial charge in [0.25, 0.3) is 15.9 Å². The number of ether oxygens (including phenoxy) is 2. The zero-order valence-corrected chi connectivity index (χ0v) is 30.9. The van der Waals surface area contributed by atoms with Crippen LogP contribution in [0.15, 0.2) is 76.5 Å². The lowest BCUT2D eigenvalue weighted by molar-refractivity contribution is -0.00833. The number of benzene rings is 3. The van der Waals surface area contributed by atoms with E-state index in [4.69, 9.17) is 21.1 Å². The van der Waals surface area contributed by atoms with Crippen LogP contribution in [0.1, 0.15) is 56.0 Å². The molecule has 0 unspecified atom stereocenters. The molecule has 49 heavy (non-hydrogen) atoms. The third-order valence-electron chi connectivity index (χ3n) is 8.59. The van der Waals surface area contributed by atoms with E-state index in [0.717, 1.165) is 12.0 Å². The first kappa shape index (κ1) is 38.6. The molecule has 0 saturated heterocycles. The van der Waals surface area contributed by atoms with E-state index in [1.165, 1.54) is 52.7 Å². The number of fused-ring (bicyclic) bond motifs is 1. The van der Waals surface area contributed by atoms with Gasteiger partial charge in [-0.1, -0.05) is 36.2 Å². The van der Waals surface area contributed by atoms with Gasteiger partial charge in [0.15, 0.2) is 0 Å². The number of amides is 1. The summed E-state index contributed by atoms with van der Waals surface area (Å²) in [5.74, 6) is -0.574. The zero-order chi connectivity index (χ0) is 35.9. The molecule has 268 valence electrons. The lowest BCUT2D eigenvalue weighted by Gasteiger charge is -2.35. The molecule has 4 atom stereocenters. The Morgan fingerprint density at radius 1 is 1.00 bits per heavy atom. The molecule has 1 aliphatic heterocycles. The van der Waals surface area contributed by atoms with Crippen molar-refractivity contribution in [2.75, 3.05) is 38.1 Å². The molecule has 11 nitrogen and oxygen atoms in total. The molecule has 0 saturated carbocycles. The highest BCUT2D eigenvalue weighted by molar-refractivity contribution is 7.92. The number of aliphatic hydroxyl groups excluding tert-OH is 1. The van der Waals surface area contributed by atoms with Crippen LogP contribution in [0.25, 0.3) is 0 Å². The van der Waals surface area contributed by atoms with Crippen molar-refractivity contribution in [3.63, 3.8) is 0 Å². The monoisotopic (exact) mass is 735 g/mol. The summed E-state index contributed by atoms with van der Waals surface area (Å²) in [5.41, 5.74) is 1.21. The Balaban J connectivity index is 1.67. The van der Waals surface area contributed by atoms with Gasteiger partial charge < -0.3 is 19.5 Å². The van der Waals surface area contributed by atoms with E-state index in [9.17, 15) is 26.7 Å². The number of rotatable bonds is 9. The van der Waals surface area contributed by atoms with Crippen molar-refractivity contribution in [2.24, 2.45) is 5.92 Å². The van der Waals surface area contributed by atoms with Gasteiger partial charge in [-0.2, -0.15) is 4.31 Å². The molecule has 0 fully saturated rings. The number of aryl methyl sites for hydroxylation is 1. The molecule has 1 aliphatic rings. The highest BCUT2D eigenvalue weighted by Gasteiger charge is 2.32. The number of sulfonamides is 2. The molecule has 1 heterocycles. The number of carbonyl (C=O) groups excluding carboxylic acids is 1. The van der Waals surface area contributed by atoms with E-state index in [-0.39, 0.29) is 58.5 Å². The van der Waals surface area contributed by atoms with E-state index in [2.05, 4.69) is 4.72 Å². The van der Waals surface area contributed by atoms with Crippen molar-refractivity contribution in [1.29, 1.82) is 0 Å². The summed E-state index contributed by atoms with van der Waals surface area (Å²) in [5, 5.41) is 10.6. The van der Waals surface area contributed by atoms with Crippen molar-refractivity contribution in [2.45, 2.75) is 75.0 Å². The van der Waals surface area contributed by atoms with Crippen LogP contribution in [0.5, 0.6) is 5.75 Å². The van der Waals surface area contributed by atoms with Crippen LogP contribution in [-0.2, 0) is 24.8 Å². The average Bonchev–Trinajstić information content (AvgIpc) is 3.06. The predicted octanol–water partition coefficient (Wildman–Crippen LogP) is 5.57. The fourth-order valence-corrected chi connectivity index (χ4v) is 7.88. The Morgan fingerprint density at radius 3 is 2.31 bits per heavy atom. The maximum absolute atomic E-state index is 14.4.